The lowest BCUT2D eigenvalue weighted by Gasteiger charge is -2.43. The molecule has 0 bridgehead atoms. The first-order valence-corrected chi connectivity index (χ1v) is 13.0. The number of benzene rings is 2. The summed E-state index contributed by atoms with van der Waals surface area (Å²) < 4.78 is 10.9. The molecular formula is C29H31NO11. The van der Waals surface area contributed by atoms with Gasteiger partial charge >= 0.3 is 11.9 Å². The Morgan fingerprint density at radius 2 is 1.29 bits per heavy atom. The van der Waals surface area contributed by atoms with Gasteiger partial charge in [-0.1, -0.05) is 12.1 Å². The van der Waals surface area contributed by atoms with Crippen LogP contribution in [0.4, 0.5) is 0 Å². The van der Waals surface area contributed by atoms with E-state index < -0.39 is 66.1 Å². The number of carbonyl (C=O) groups is 3. The maximum absolute atomic E-state index is 13.1. The maximum atomic E-state index is 13.1. The van der Waals surface area contributed by atoms with Gasteiger partial charge in [0.15, 0.2) is 29.1 Å². The summed E-state index contributed by atoms with van der Waals surface area (Å²) in [6.07, 6.45) is 0.842. The Morgan fingerprint density at radius 1 is 0.780 bits per heavy atom. The molecule has 1 aliphatic carbocycles. The van der Waals surface area contributed by atoms with Gasteiger partial charge in [0.05, 0.1) is 6.10 Å². The quantitative estimate of drug-likeness (QED) is 0.161. The van der Waals surface area contributed by atoms with Crippen LogP contribution in [-0.4, -0.2) is 90.4 Å². The number of aliphatic hydroxyl groups is 2. The highest BCUT2D eigenvalue weighted by atomic mass is 16.6. The second-order valence-corrected chi connectivity index (χ2v) is 10.0. The van der Waals surface area contributed by atoms with E-state index in [1.54, 1.807) is 0 Å². The number of nitrogens with zero attached hydrogens (tertiary/aromatic N) is 1. The highest BCUT2D eigenvalue weighted by Gasteiger charge is 2.53. The summed E-state index contributed by atoms with van der Waals surface area (Å²) in [6, 6.07) is 7.74. The summed E-state index contributed by atoms with van der Waals surface area (Å²) in [7, 11) is 0. The smallest absolute Gasteiger partial charge is 0.331 e. The average Bonchev–Trinajstić information content (AvgIpc) is 3.46. The van der Waals surface area contributed by atoms with E-state index in [-0.39, 0.29) is 11.5 Å². The molecule has 2 aromatic carbocycles. The van der Waals surface area contributed by atoms with E-state index >= 15 is 0 Å². The first kappa shape index (κ1) is 29.4. The largest absolute Gasteiger partial charge is 0.504 e. The van der Waals surface area contributed by atoms with Gasteiger partial charge in [0.25, 0.3) is 5.91 Å². The summed E-state index contributed by atoms with van der Waals surface area (Å²) >= 11 is 0. The Labute approximate surface area is 235 Å². The van der Waals surface area contributed by atoms with Crippen LogP contribution in [0.1, 0.15) is 36.8 Å². The van der Waals surface area contributed by atoms with Crippen molar-refractivity contribution in [1.82, 2.24) is 4.90 Å². The molecule has 0 unspecified atom stereocenters. The van der Waals surface area contributed by atoms with E-state index in [1.807, 2.05) is 0 Å². The Morgan fingerprint density at radius 3 is 1.80 bits per heavy atom. The Bertz CT molecular complexity index is 1360. The molecule has 4 rings (SSSR count). The van der Waals surface area contributed by atoms with E-state index in [1.165, 1.54) is 53.5 Å². The van der Waals surface area contributed by atoms with Crippen molar-refractivity contribution in [2.75, 3.05) is 13.1 Å². The summed E-state index contributed by atoms with van der Waals surface area (Å²) in [4.78, 5) is 39.9. The minimum atomic E-state index is -2.07. The lowest BCUT2D eigenvalue weighted by Crippen LogP contribution is -2.60. The molecule has 218 valence electrons. The van der Waals surface area contributed by atoms with Crippen molar-refractivity contribution in [1.29, 1.82) is 0 Å². The number of esters is 2. The lowest BCUT2D eigenvalue weighted by molar-refractivity contribution is -0.201. The zero-order chi connectivity index (χ0) is 29.7. The number of likely N-dealkylation sites (tertiary alicyclic amines) is 1. The second kappa shape index (κ2) is 12.3. The van der Waals surface area contributed by atoms with Gasteiger partial charge in [0.2, 0.25) is 0 Å². The Balaban J connectivity index is 1.52. The van der Waals surface area contributed by atoms with Crippen molar-refractivity contribution < 1.29 is 54.5 Å². The number of phenols is 4. The molecule has 0 radical (unpaired) electrons. The number of phenolic OH excluding ortho intramolecular Hbond substituents is 4. The molecule has 12 heteroatoms. The first-order chi connectivity index (χ1) is 19.4. The van der Waals surface area contributed by atoms with Gasteiger partial charge in [0, 0.05) is 38.1 Å². The molecule has 0 spiro atoms. The fourth-order valence-corrected chi connectivity index (χ4v) is 4.87. The average molecular weight is 570 g/mol. The number of hydrogen-bond donors (Lipinski definition) is 6. The van der Waals surface area contributed by atoms with E-state index in [4.69, 9.17) is 9.47 Å². The SMILES string of the molecule is O=C(C=Cc1ccc(O)c(O)c1)O[C@@H]1[C@H](O)C[C@@](O)(C(=O)N2CCCC2)C[C@H]1OC(=O)C=Cc1ccc(O)c(O)c1. The van der Waals surface area contributed by atoms with Gasteiger partial charge in [-0.25, -0.2) is 9.59 Å². The van der Waals surface area contributed by atoms with E-state index in [0.717, 1.165) is 25.0 Å². The topological polar surface area (TPSA) is 194 Å². The van der Waals surface area contributed by atoms with Crippen LogP contribution in [0.5, 0.6) is 23.0 Å². The van der Waals surface area contributed by atoms with Crippen molar-refractivity contribution in [3.8, 4) is 23.0 Å². The molecule has 1 aliphatic heterocycles. The third-order valence-corrected chi connectivity index (χ3v) is 6.97. The fourth-order valence-electron chi connectivity index (χ4n) is 4.87. The molecule has 2 aliphatic rings. The Hall–Kier alpha value is -4.55. The zero-order valence-electron chi connectivity index (χ0n) is 21.9. The molecule has 1 saturated heterocycles. The summed E-state index contributed by atoms with van der Waals surface area (Å²) in [6.45, 7) is 0.889. The second-order valence-electron chi connectivity index (χ2n) is 10.0. The standard InChI is InChI=1S/C29H31NO11/c31-19-7-3-17(13-21(19)33)5-9-25(36)40-24-16-29(39,28(38)30-11-1-2-12-30)15-23(35)27(24)41-26(37)10-6-18-4-8-20(32)22(34)14-18/h3-10,13-14,23-24,27,31-35,39H,1-2,11-12,15-16H2/t23-,24-,27-,29+/m1/s1. The summed E-state index contributed by atoms with van der Waals surface area (Å²) in [5, 5.41) is 60.3. The number of hydrogen-bond acceptors (Lipinski definition) is 11. The molecule has 2 fully saturated rings. The van der Waals surface area contributed by atoms with Gasteiger partial charge < -0.3 is 45.0 Å². The minimum Gasteiger partial charge on any atom is -0.504 e. The molecule has 4 atom stereocenters. The molecule has 1 amide bonds. The van der Waals surface area contributed by atoms with E-state index in [2.05, 4.69) is 0 Å². The van der Waals surface area contributed by atoms with E-state index in [0.29, 0.717) is 24.2 Å². The fraction of sp³-hybridized carbons (Fsp3) is 0.345. The number of ether oxygens (including phenoxy) is 2. The van der Waals surface area contributed by atoms with Gasteiger partial charge in [-0.15, -0.1) is 0 Å². The normalized spacial score (nSPS) is 24.5. The van der Waals surface area contributed by atoms with Gasteiger partial charge in [-0.05, 0) is 60.4 Å². The van der Waals surface area contributed by atoms with Gasteiger partial charge in [-0.2, -0.15) is 0 Å². The molecule has 1 saturated carbocycles. The van der Waals surface area contributed by atoms with Crippen LogP contribution in [0.25, 0.3) is 12.2 Å². The summed E-state index contributed by atoms with van der Waals surface area (Å²) in [5.41, 5.74) is -1.35. The third-order valence-electron chi connectivity index (χ3n) is 6.97. The first-order valence-electron chi connectivity index (χ1n) is 13.0. The number of aromatic hydroxyl groups is 4. The molecular weight excluding hydrogens is 538 g/mol. The lowest BCUT2D eigenvalue weighted by atomic mass is 9.78. The van der Waals surface area contributed by atoms with Crippen LogP contribution >= 0.6 is 0 Å². The molecule has 1 heterocycles. The summed E-state index contributed by atoms with van der Waals surface area (Å²) in [5.74, 6) is -3.97. The molecule has 2 aromatic rings. The van der Waals surface area contributed by atoms with Crippen molar-refractivity contribution in [3.05, 3.63) is 59.7 Å². The third kappa shape index (κ3) is 7.16. The minimum absolute atomic E-state index is 0.341. The Kier molecular flexibility index (Phi) is 8.84. The van der Waals surface area contributed by atoms with Crippen molar-refractivity contribution in [2.45, 2.75) is 49.6 Å². The number of carbonyl (C=O) groups excluding carboxylic acids is 3. The molecule has 0 aromatic heterocycles. The zero-order valence-corrected chi connectivity index (χ0v) is 21.9. The molecule has 6 N–H and O–H groups in total. The van der Waals surface area contributed by atoms with Crippen LogP contribution in [0.3, 0.4) is 0 Å². The van der Waals surface area contributed by atoms with E-state index in [9.17, 15) is 45.0 Å². The number of rotatable bonds is 7. The number of amides is 1. The number of aliphatic hydroxyl groups excluding tert-OH is 1. The molecule has 41 heavy (non-hydrogen) atoms. The maximum Gasteiger partial charge on any atom is 0.331 e. The predicted octanol–water partition coefficient (Wildman–Crippen LogP) is 1.57. The van der Waals surface area contributed by atoms with Crippen LogP contribution in [0, 0.1) is 0 Å². The van der Waals surface area contributed by atoms with Crippen LogP contribution in [0.15, 0.2) is 48.6 Å². The highest BCUT2D eigenvalue weighted by Crippen LogP contribution is 2.35. The van der Waals surface area contributed by atoms with Crippen molar-refractivity contribution in [2.24, 2.45) is 0 Å². The molecule has 12 nitrogen and oxygen atoms in total. The highest BCUT2D eigenvalue weighted by molar-refractivity contribution is 5.89. The van der Waals surface area contributed by atoms with Crippen LogP contribution in [-0.2, 0) is 23.9 Å². The van der Waals surface area contributed by atoms with Crippen molar-refractivity contribution >= 4 is 30.0 Å². The predicted molar refractivity (Wildman–Crippen MR) is 143 cm³/mol. The van der Waals surface area contributed by atoms with Crippen LogP contribution < -0.4 is 0 Å². The monoisotopic (exact) mass is 569 g/mol. The van der Waals surface area contributed by atoms with Crippen molar-refractivity contribution in [3.63, 3.8) is 0 Å². The van der Waals surface area contributed by atoms with Crippen LogP contribution in [0.2, 0.25) is 0 Å². The van der Waals surface area contributed by atoms with Gasteiger partial charge in [0.1, 0.15) is 11.7 Å². The van der Waals surface area contributed by atoms with Gasteiger partial charge in [-0.3, -0.25) is 4.79 Å².